The van der Waals surface area contributed by atoms with E-state index in [1.165, 1.54) is 17.0 Å². The second kappa shape index (κ2) is 11.7. The molecule has 3 aromatic rings. The van der Waals surface area contributed by atoms with Crippen molar-refractivity contribution < 1.29 is 23.1 Å². The molecule has 0 bridgehead atoms. The summed E-state index contributed by atoms with van der Waals surface area (Å²) in [5.74, 6) is 0.721. The molecule has 8 heteroatoms. The quantitative estimate of drug-likeness (QED) is 0.474. The largest absolute Gasteiger partial charge is 0.497 e. The van der Waals surface area contributed by atoms with Crippen LogP contribution in [-0.4, -0.2) is 41.9 Å². The maximum Gasteiger partial charge on any atom is 0.322 e. The van der Waals surface area contributed by atoms with E-state index in [0.29, 0.717) is 30.2 Å². The number of urea groups is 1. The molecule has 0 aliphatic carbocycles. The number of nitrogens with zero attached hydrogens (tertiary/aromatic N) is 2. The second-order valence-corrected chi connectivity index (χ2v) is 7.54. The average molecular weight is 454 g/mol. The van der Waals surface area contributed by atoms with Crippen LogP contribution in [0.1, 0.15) is 24.7 Å². The Kier molecular flexibility index (Phi) is 8.46. The monoisotopic (exact) mass is 453 g/mol. The summed E-state index contributed by atoms with van der Waals surface area (Å²) in [6.45, 7) is 2.76. The molecule has 7 nitrogen and oxygen atoms in total. The molecule has 3 amide bonds. The molecule has 0 radical (unpaired) electrons. The van der Waals surface area contributed by atoms with Gasteiger partial charge in [-0.2, -0.15) is 0 Å². The minimum absolute atomic E-state index is 0.0995. The molecule has 0 spiro atoms. The first-order chi connectivity index (χ1) is 16.0. The number of methoxy groups -OCH3 is 1. The minimum Gasteiger partial charge on any atom is -0.497 e. The standard InChI is InChI=1S/C25H28FN3O4/c1-3-14-28(25(31)27-21-10-12-22(32-2)13-11-21)18-24(30)29(17-23-5-4-15-33-23)16-19-6-8-20(26)9-7-19/h4-13,15H,3,14,16-18H2,1-2H3,(H,27,31). The lowest BCUT2D eigenvalue weighted by Crippen LogP contribution is -2.44. The zero-order chi connectivity index (χ0) is 23.6. The van der Waals surface area contributed by atoms with Crippen LogP contribution in [0.25, 0.3) is 0 Å². The number of carbonyl (C=O) groups is 2. The Labute approximate surface area is 192 Å². The van der Waals surface area contributed by atoms with Crippen LogP contribution in [0, 0.1) is 5.82 Å². The van der Waals surface area contributed by atoms with Crippen molar-refractivity contribution in [3.8, 4) is 5.75 Å². The van der Waals surface area contributed by atoms with Crippen LogP contribution in [0.5, 0.6) is 5.75 Å². The molecule has 0 unspecified atom stereocenters. The molecule has 0 aliphatic heterocycles. The Morgan fingerprint density at radius 2 is 1.73 bits per heavy atom. The number of hydrogen-bond acceptors (Lipinski definition) is 4. The zero-order valence-electron chi connectivity index (χ0n) is 18.8. The van der Waals surface area contributed by atoms with Crippen LogP contribution < -0.4 is 10.1 Å². The highest BCUT2D eigenvalue weighted by molar-refractivity contribution is 5.92. The lowest BCUT2D eigenvalue weighted by molar-refractivity contribution is -0.133. The highest BCUT2D eigenvalue weighted by Crippen LogP contribution is 2.16. The van der Waals surface area contributed by atoms with E-state index in [4.69, 9.17) is 9.15 Å². The summed E-state index contributed by atoms with van der Waals surface area (Å²) >= 11 is 0. The highest BCUT2D eigenvalue weighted by atomic mass is 19.1. The van der Waals surface area contributed by atoms with E-state index in [0.717, 1.165) is 5.56 Å². The van der Waals surface area contributed by atoms with Gasteiger partial charge in [0.05, 0.1) is 19.9 Å². The average Bonchev–Trinajstić information content (AvgIpc) is 3.33. The number of benzene rings is 2. The predicted molar refractivity (Wildman–Crippen MR) is 123 cm³/mol. The number of anilines is 1. The highest BCUT2D eigenvalue weighted by Gasteiger charge is 2.22. The van der Waals surface area contributed by atoms with Crippen LogP contribution in [0.2, 0.25) is 0 Å². The summed E-state index contributed by atoms with van der Waals surface area (Å²) in [6, 6.07) is 16.1. The molecular formula is C25H28FN3O4. The number of halogens is 1. The van der Waals surface area contributed by atoms with Crippen LogP contribution in [-0.2, 0) is 17.9 Å². The maximum absolute atomic E-state index is 13.3. The molecule has 0 aliphatic rings. The lowest BCUT2D eigenvalue weighted by atomic mass is 10.2. The third-order valence-corrected chi connectivity index (χ3v) is 5.01. The SMILES string of the molecule is CCCN(CC(=O)N(Cc1ccc(F)cc1)Cc1ccco1)C(=O)Nc1ccc(OC)cc1. The number of rotatable bonds is 10. The summed E-state index contributed by atoms with van der Waals surface area (Å²) < 4.78 is 23.8. The number of hydrogen-bond donors (Lipinski definition) is 1. The van der Waals surface area contributed by atoms with E-state index in [1.54, 1.807) is 66.8 Å². The van der Waals surface area contributed by atoms with Crippen molar-refractivity contribution in [1.29, 1.82) is 0 Å². The van der Waals surface area contributed by atoms with Gasteiger partial charge in [-0.05, 0) is 60.5 Å². The van der Waals surface area contributed by atoms with Gasteiger partial charge in [0, 0.05) is 18.8 Å². The fourth-order valence-corrected chi connectivity index (χ4v) is 3.30. The van der Waals surface area contributed by atoms with E-state index in [9.17, 15) is 14.0 Å². The van der Waals surface area contributed by atoms with Crippen molar-refractivity contribution in [3.63, 3.8) is 0 Å². The first-order valence-corrected chi connectivity index (χ1v) is 10.7. The molecule has 0 saturated heterocycles. The van der Waals surface area contributed by atoms with Crippen molar-refractivity contribution in [2.24, 2.45) is 0 Å². The van der Waals surface area contributed by atoms with E-state index < -0.39 is 0 Å². The summed E-state index contributed by atoms with van der Waals surface area (Å²) in [4.78, 5) is 29.2. The number of nitrogens with one attached hydrogen (secondary N) is 1. The summed E-state index contributed by atoms with van der Waals surface area (Å²) in [5.41, 5.74) is 1.38. The van der Waals surface area contributed by atoms with Gasteiger partial charge < -0.3 is 24.3 Å². The Balaban J connectivity index is 1.71. The minimum atomic E-state index is -0.366. The zero-order valence-corrected chi connectivity index (χ0v) is 18.8. The van der Waals surface area contributed by atoms with Crippen LogP contribution >= 0.6 is 0 Å². The molecular weight excluding hydrogens is 425 g/mol. The number of ether oxygens (including phenoxy) is 1. The van der Waals surface area contributed by atoms with E-state index in [1.807, 2.05) is 6.92 Å². The molecule has 1 heterocycles. The fraction of sp³-hybridized carbons (Fsp3) is 0.280. The number of furan rings is 1. The van der Waals surface area contributed by atoms with Gasteiger partial charge in [0.15, 0.2) is 0 Å². The molecule has 1 N–H and O–H groups in total. The Bertz CT molecular complexity index is 1020. The molecule has 174 valence electrons. The molecule has 33 heavy (non-hydrogen) atoms. The van der Waals surface area contributed by atoms with Crippen molar-refractivity contribution in [2.45, 2.75) is 26.4 Å². The van der Waals surface area contributed by atoms with Crippen LogP contribution in [0.4, 0.5) is 14.9 Å². The van der Waals surface area contributed by atoms with Crippen molar-refractivity contribution >= 4 is 17.6 Å². The van der Waals surface area contributed by atoms with E-state index >= 15 is 0 Å². The summed E-state index contributed by atoms with van der Waals surface area (Å²) in [7, 11) is 1.57. The first kappa shape index (κ1) is 23.8. The van der Waals surface area contributed by atoms with Gasteiger partial charge in [-0.1, -0.05) is 19.1 Å². The molecule has 0 saturated carbocycles. The lowest BCUT2D eigenvalue weighted by Gasteiger charge is -2.27. The molecule has 1 aromatic heterocycles. The third kappa shape index (κ3) is 7.10. The van der Waals surface area contributed by atoms with Gasteiger partial charge in [0.1, 0.15) is 23.9 Å². The second-order valence-electron chi connectivity index (χ2n) is 7.54. The molecule has 0 fully saturated rings. The van der Waals surface area contributed by atoms with Gasteiger partial charge >= 0.3 is 6.03 Å². The smallest absolute Gasteiger partial charge is 0.322 e. The van der Waals surface area contributed by atoms with Gasteiger partial charge in [0.25, 0.3) is 0 Å². The molecule has 2 aromatic carbocycles. The van der Waals surface area contributed by atoms with Crippen LogP contribution in [0.3, 0.4) is 0 Å². The number of carbonyl (C=O) groups excluding carboxylic acids is 2. The first-order valence-electron chi connectivity index (χ1n) is 10.7. The Hall–Kier alpha value is -3.81. The van der Waals surface area contributed by atoms with Gasteiger partial charge in [0.2, 0.25) is 5.91 Å². The molecule has 0 atom stereocenters. The van der Waals surface area contributed by atoms with Gasteiger partial charge in [-0.25, -0.2) is 9.18 Å². The van der Waals surface area contributed by atoms with E-state index in [2.05, 4.69) is 5.32 Å². The van der Waals surface area contributed by atoms with E-state index in [-0.39, 0.29) is 37.4 Å². The fourth-order valence-electron chi connectivity index (χ4n) is 3.30. The Morgan fingerprint density at radius 1 is 1.00 bits per heavy atom. The molecule has 3 rings (SSSR count). The Morgan fingerprint density at radius 3 is 2.33 bits per heavy atom. The van der Waals surface area contributed by atoms with Gasteiger partial charge in [-0.3, -0.25) is 4.79 Å². The van der Waals surface area contributed by atoms with Crippen molar-refractivity contribution in [2.75, 3.05) is 25.5 Å². The van der Waals surface area contributed by atoms with Crippen molar-refractivity contribution in [1.82, 2.24) is 9.80 Å². The topological polar surface area (TPSA) is 75.0 Å². The maximum atomic E-state index is 13.3. The summed E-state index contributed by atoms with van der Waals surface area (Å²) in [6.07, 6.45) is 2.24. The van der Waals surface area contributed by atoms with Crippen LogP contribution in [0.15, 0.2) is 71.3 Å². The van der Waals surface area contributed by atoms with Crippen molar-refractivity contribution in [3.05, 3.63) is 84.1 Å². The normalized spacial score (nSPS) is 10.5. The summed E-state index contributed by atoms with van der Waals surface area (Å²) in [5, 5.41) is 2.82. The number of amides is 3. The predicted octanol–water partition coefficient (Wildman–Crippen LogP) is 4.90. The third-order valence-electron chi connectivity index (χ3n) is 5.01. The van der Waals surface area contributed by atoms with Gasteiger partial charge in [-0.15, -0.1) is 0 Å².